The van der Waals surface area contributed by atoms with E-state index < -0.39 is 0 Å². The van der Waals surface area contributed by atoms with E-state index in [1.165, 1.54) is 11.1 Å². The number of anilines is 1. The summed E-state index contributed by atoms with van der Waals surface area (Å²) < 4.78 is 1.11. The van der Waals surface area contributed by atoms with Gasteiger partial charge in [-0.25, -0.2) is 0 Å². The summed E-state index contributed by atoms with van der Waals surface area (Å²) in [6.07, 6.45) is 0. The molecule has 0 aliphatic heterocycles. The van der Waals surface area contributed by atoms with Gasteiger partial charge in [0.05, 0.1) is 0 Å². The van der Waals surface area contributed by atoms with Crippen LogP contribution in [-0.2, 0) is 0 Å². The van der Waals surface area contributed by atoms with Crippen LogP contribution in [0.2, 0.25) is 0 Å². The Morgan fingerprint density at radius 3 is 2.53 bits per heavy atom. The van der Waals surface area contributed by atoms with E-state index in [2.05, 4.69) is 71.5 Å². The minimum Gasteiger partial charge on any atom is -0.378 e. The Kier molecular flexibility index (Phi) is 3.85. The lowest BCUT2D eigenvalue weighted by atomic mass is 10.1. The van der Waals surface area contributed by atoms with Crippen molar-refractivity contribution in [3.8, 4) is 0 Å². The van der Waals surface area contributed by atoms with E-state index in [4.69, 9.17) is 0 Å². The minimum atomic E-state index is 0.290. The number of hydrogen-bond acceptors (Lipinski definition) is 1. The Bertz CT molecular complexity index is 491. The number of benzene rings is 2. The quantitative estimate of drug-likeness (QED) is 0.861. The highest BCUT2D eigenvalue weighted by atomic mass is 79.9. The molecule has 1 N–H and O–H groups in total. The molecule has 2 aromatic carbocycles. The molecule has 1 atom stereocenters. The fraction of sp³-hybridized carbons (Fsp3) is 0.200. The number of nitrogens with one attached hydrogen (secondary N) is 1. The summed E-state index contributed by atoms with van der Waals surface area (Å²) in [6, 6.07) is 17.9. The van der Waals surface area contributed by atoms with Crippen LogP contribution in [0.1, 0.15) is 24.1 Å². The first kappa shape index (κ1) is 12.2. The van der Waals surface area contributed by atoms with Crippen molar-refractivity contribution in [2.24, 2.45) is 0 Å². The molecular formula is C15H15BrN. The molecule has 0 aliphatic rings. The summed E-state index contributed by atoms with van der Waals surface area (Å²) in [4.78, 5) is 0. The second kappa shape index (κ2) is 5.37. The summed E-state index contributed by atoms with van der Waals surface area (Å²) >= 11 is 3.45. The van der Waals surface area contributed by atoms with Gasteiger partial charge in [0, 0.05) is 16.2 Å². The maximum Gasteiger partial charge on any atom is 0.0485 e. The molecule has 0 unspecified atom stereocenters. The van der Waals surface area contributed by atoms with Crippen molar-refractivity contribution in [1.29, 1.82) is 0 Å². The maximum absolute atomic E-state index is 3.47. The molecule has 0 saturated heterocycles. The molecule has 0 amide bonds. The maximum atomic E-state index is 3.47. The van der Waals surface area contributed by atoms with Crippen LogP contribution in [0.3, 0.4) is 0 Å². The van der Waals surface area contributed by atoms with Crippen LogP contribution >= 0.6 is 15.9 Å². The molecule has 0 aliphatic carbocycles. The molecule has 17 heavy (non-hydrogen) atoms. The van der Waals surface area contributed by atoms with Crippen molar-refractivity contribution in [3.63, 3.8) is 0 Å². The third kappa shape index (κ3) is 3.34. The summed E-state index contributed by atoms with van der Waals surface area (Å²) in [5.74, 6) is 0. The highest BCUT2D eigenvalue weighted by molar-refractivity contribution is 9.10. The predicted molar refractivity (Wildman–Crippen MR) is 76.2 cm³/mol. The SMILES string of the molecule is Cc1c[c]cc(N[C@@H](C)c2ccc(Br)cc2)c1. The normalized spacial score (nSPS) is 12.2. The smallest absolute Gasteiger partial charge is 0.0485 e. The standard InChI is InChI=1S/C15H15BrN/c1-11-4-3-5-15(10-11)17-12(2)13-6-8-14(16)9-7-13/h4-10,12,17H,1-2H3/t12-/m0/s1. The van der Waals surface area contributed by atoms with Crippen LogP contribution in [0, 0.1) is 13.0 Å². The Balaban J connectivity index is 2.11. The van der Waals surface area contributed by atoms with E-state index in [-0.39, 0.29) is 0 Å². The van der Waals surface area contributed by atoms with E-state index in [0.29, 0.717) is 6.04 Å². The molecule has 1 nitrogen and oxygen atoms in total. The lowest BCUT2D eigenvalue weighted by molar-refractivity contribution is 0.884. The zero-order valence-electron chi connectivity index (χ0n) is 10.00. The number of rotatable bonds is 3. The summed E-state index contributed by atoms with van der Waals surface area (Å²) in [7, 11) is 0. The molecule has 87 valence electrons. The van der Waals surface area contributed by atoms with Crippen molar-refractivity contribution in [1.82, 2.24) is 0 Å². The molecular weight excluding hydrogens is 274 g/mol. The zero-order chi connectivity index (χ0) is 12.3. The van der Waals surface area contributed by atoms with Crippen molar-refractivity contribution in [2.75, 3.05) is 5.32 Å². The first-order valence-electron chi connectivity index (χ1n) is 5.65. The molecule has 0 heterocycles. The average Bonchev–Trinajstić information content (AvgIpc) is 2.29. The topological polar surface area (TPSA) is 12.0 Å². The van der Waals surface area contributed by atoms with Crippen molar-refractivity contribution >= 4 is 21.6 Å². The minimum absolute atomic E-state index is 0.290. The summed E-state index contributed by atoms with van der Waals surface area (Å²) in [5.41, 5.74) is 3.60. The van der Waals surface area contributed by atoms with Crippen LogP contribution in [0.5, 0.6) is 0 Å². The lowest BCUT2D eigenvalue weighted by Crippen LogP contribution is -2.06. The van der Waals surface area contributed by atoms with Gasteiger partial charge in [-0.05, 0) is 55.3 Å². The molecule has 0 aromatic heterocycles. The van der Waals surface area contributed by atoms with Crippen LogP contribution in [0.4, 0.5) is 5.69 Å². The van der Waals surface area contributed by atoms with Crippen LogP contribution in [0.15, 0.2) is 46.9 Å². The first-order valence-corrected chi connectivity index (χ1v) is 6.44. The molecule has 0 bridgehead atoms. The van der Waals surface area contributed by atoms with Crippen molar-refractivity contribution < 1.29 is 0 Å². The van der Waals surface area contributed by atoms with E-state index in [1.807, 2.05) is 12.1 Å². The van der Waals surface area contributed by atoms with Gasteiger partial charge in [-0.1, -0.05) is 34.1 Å². The highest BCUT2D eigenvalue weighted by Crippen LogP contribution is 2.21. The predicted octanol–water partition coefficient (Wildman–Crippen LogP) is 4.73. The zero-order valence-corrected chi connectivity index (χ0v) is 11.6. The van der Waals surface area contributed by atoms with Gasteiger partial charge in [-0.3, -0.25) is 0 Å². The fourth-order valence-electron chi connectivity index (χ4n) is 1.76. The van der Waals surface area contributed by atoms with E-state index in [1.54, 1.807) is 0 Å². The van der Waals surface area contributed by atoms with Crippen molar-refractivity contribution in [2.45, 2.75) is 19.9 Å². The average molecular weight is 289 g/mol. The van der Waals surface area contributed by atoms with Crippen LogP contribution in [-0.4, -0.2) is 0 Å². The number of halogens is 1. The van der Waals surface area contributed by atoms with Gasteiger partial charge in [-0.2, -0.15) is 0 Å². The first-order chi connectivity index (χ1) is 8.15. The highest BCUT2D eigenvalue weighted by Gasteiger charge is 2.04. The van der Waals surface area contributed by atoms with Gasteiger partial charge < -0.3 is 5.32 Å². The Morgan fingerprint density at radius 2 is 1.88 bits per heavy atom. The molecule has 2 aromatic rings. The monoisotopic (exact) mass is 288 g/mol. The number of hydrogen-bond donors (Lipinski definition) is 1. The third-order valence-electron chi connectivity index (χ3n) is 2.69. The van der Waals surface area contributed by atoms with Crippen LogP contribution < -0.4 is 5.32 Å². The molecule has 0 spiro atoms. The van der Waals surface area contributed by atoms with Gasteiger partial charge in [0.25, 0.3) is 0 Å². The van der Waals surface area contributed by atoms with E-state index in [9.17, 15) is 0 Å². The van der Waals surface area contributed by atoms with Gasteiger partial charge >= 0.3 is 0 Å². The summed E-state index contributed by atoms with van der Waals surface area (Å²) in [6.45, 7) is 4.23. The molecule has 1 radical (unpaired) electrons. The lowest BCUT2D eigenvalue weighted by Gasteiger charge is -2.16. The Morgan fingerprint density at radius 1 is 1.18 bits per heavy atom. The van der Waals surface area contributed by atoms with Gasteiger partial charge in [0.15, 0.2) is 0 Å². The fourth-order valence-corrected chi connectivity index (χ4v) is 2.02. The molecule has 2 rings (SSSR count). The second-order valence-electron chi connectivity index (χ2n) is 4.22. The van der Waals surface area contributed by atoms with Gasteiger partial charge in [0.2, 0.25) is 0 Å². The molecule has 2 heteroatoms. The Labute approximate surface area is 111 Å². The molecule has 0 fully saturated rings. The van der Waals surface area contributed by atoms with E-state index in [0.717, 1.165) is 10.2 Å². The van der Waals surface area contributed by atoms with E-state index >= 15 is 0 Å². The third-order valence-corrected chi connectivity index (χ3v) is 3.21. The second-order valence-corrected chi connectivity index (χ2v) is 5.13. The van der Waals surface area contributed by atoms with Gasteiger partial charge in [-0.15, -0.1) is 0 Å². The van der Waals surface area contributed by atoms with Crippen LogP contribution in [0.25, 0.3) is 0 Å². The van der Waals surface area contributed by atoms with Gasteiger partial charge in [0.1, 0.15) is 0 Å². The van der Waals surface area contributed by atoms with Crippen molar-refractivity contribution in [3.05, 3.63) is 64.1 Å². The number of aryl methyl sites for hydroxylation is 1. The molecule has 0 saturated carbocycles. The largest absolute Gasteiger partial charge is 0.378 e. The Hall–Kier alpha value is -1.28. The summed E-state index contributed by atoms with van der Waals surface area (Å²) in [5, 5.41) is 3.47.